The van der Waals surface area contributed by atoms with E-state index >= 15 is 0 Å². The van der Waals surface area contributed by atoms with Crippen LogP contribution in [-0.2, 0) is 4.79 Å². The lowest BCUT2D eigenvalue weighted by molar-refractivity contribution is -0.120. The van der Waals surface area contributed by atoms with E-state index < -0.39 is 0 Å². The Morgan fingerprint density at radius 2 is 1.89 bits per heavy atom. The molecule has 1 heterocycles. The summed E-state index contributed by atoms with van der Waals surface area (Å²) in [5, 5.41) is 3.23. The molecular weight excluding hydrogens is 234 g/mol. The summed E-state index contributed by atoms with van der Waals surface area (Å²) in [7, 11) is 0. The average Bonchev–Trinajstić information content (AvgIpc) is 2.72. The highest BCUT2D eigenvalue weighted by molar-refractivity contribution is 5.80. The van der Waals surface area contributed by atoms with E-state index in [-0.39, 0.29) is 17.4 Å². The zero-order chi connectivity index (χ0) is 13.5. The van der Waals surface area contributed by atoms with Gasteiger partial charge in [0.25, 0.3) is 0 Å². The van der Waals surface area contributed by atoms with Crippen LogP contribution < -0.4 is 5.32 Å². The van der Waals surface area contributed by atoms with Gasteiger partial charge < -0.3 is 5.32 Å². The quantitative estimate of drug-likeness (QED) is 0.816. The molecule has 1 saturated carbocycles. The summed E-state index contributed by atoms with van der Waals surface area (Å²) in [4.78, 5) is 12.0. The minimum atomic E-state index is 0.157. The Morgan fingerprint density at radius 3 is 2.58 bits per heavy atom. The van der Waals surface area contributed by atoms with Crippen LogP contribution in [0.2, 0.25) is 0 Å². The second-order valence-corrected chi connectivity index (χ2v) is 6.65. The van der Waals surface area contributed by atoms with Crippen LogP contribution in [0.25, 0.3) is 0 Å². The Labute approximate surface area is 115 Å². The van der Waals surface area contributed by atoms with Crippen molar-refractivity contribution in [3.63, 3.8) is 0 Å². The lowest BCUT2D eigenvalue weighted by Crippen LogP contribution is -2.36. The van der Waals surface area contributed by atoms with E-state index in [1.807, 2.05) is 6.07 Å². The second-order valence-electron chi connectivity index (χ2n) is 6.65. The Bertz CT molecular complexity index is 469. The standard InChI is InChI=1S/C17H23NO/c1-12-8-9-17(10-13(12)2)11-15(19)18-16(17)14-6-4-3-5-7-14/h3-7,12-13,16H,8-11H2,1-2H3,(H,18,19). The zero-order valence-corrected chi connectivity index (χ0v) is 11.9. The van der Waals surface area contributed by atoms with Gasteiger partial charge in [0, 0.05) is 11.8 Å². The number of hydrogen-bond acceptors (Lipinski definition) is 1. The van der Waals surface area contributed by atoms with E-state index in [4.69, 9.17) is 0 Å². The van der Waals surface area contributed by atoms with Gasteiger partial charge in [-0.15, -0.1) is 0 Å². The van der Waals surface area contributed by atoms with Gasteiger partial charge >= 0.3 is 0 Å². The minimum Gasteiger partial charge on any atom is -0.349 e. The molecule has 1 saturated heterocycles. The first kappa shape index (κ1) is 12.7. The van der Waals surface area contributed by atoms with E-state index in [1.54, 1.807) is 0 Å². The maximum atomic E-state index is 12.0. The predicted molar refractivity (Wildman–Crippen MR) is 76.6 cm³/mol. The van der Waals surface area contributed by atoms with Gasteiger partial charge in [0.2, 0.25) is 5.91 Å². The van der Waals surface area contributed by atoms with Crippen LogP contribution in [0.5, 0.6) is 0 Å². The fourth-order valence-corrected chi connectivity index (χ4v) is 4.04. The first-order valence-electron chi connectivity index (χ1n) is 7.45. The Balaban J connectivity index is 1.93. The van der Waals surface area contributed by atoms with Crippen LogP contribution in [0.4, 0.5) is 0 Å². The Morgan fingerprint density at radius 1 is 1.16 bits per heavy atom. The molecule has 0 aromatic heterocycles. The van der Waals surface area contributed by atoms with Gasteiger partial charge in [0.05, 0.1) is 6.04 Å². The van der Waals surface area contributed by atoms with Crippen molar-refractivity contribution < 1.29 is 4.79 Å². The second kappa shape index (κ2) is 4.66. The summed E-state index contributed by atoms with van der Waals surface area (Å²) in [6.07, 6.45) is 4.31. The Hall–Kier alpha value is -1.31. The molecule has 0 bridgehead atoms. The molecule has 1 amide bonds. The molecule has 0 radical (unpaired) electrons. The molecule has 102 valence electrons. The molecule has 2 aliphatic rings. The summed E-state index contributed by atoms with van der Waals surface area (Å²) in [5.41, 5.74) is 1.43. The highest BCUT2D eigenvalue weighted by atomic mass is 16.2. The molecule has 2 heteroatoms. The van der Waals surface area contributed by atoms with Gasteiger partial charge in [-0.1, -0.05) is 44.2 Å². The van der Waals surface area contributed by atoms with Gasteiger partial charge in [-0.3, -0.25) is 4.79 Å². The molecule has 1 N–H and O–H groups in total. The maximum Gasteiger partial charge on any atom is 0.221 e. The maximum absolute atomic E-state index is 12.0. The molecule has 19 heavy (non-hydrogen) atoms. The molecule has 2 fully saturated rings. The number of nitrogens with one attached hydrogen (secondary N) is 1. The van der Waals surface area contributed by atoms with Crippen molar-refractivity contribution in [1.29, 1.82) is 0 Å². The van der Waals surface area contributed by atoms with Gasteiger partial charge in [-0.2, -0.15) is 0 Å². The number of rotatable bonds is 1. The smallest absolute Gasteiger partial charge is 0.221 e. The summed E-state index contributed by atoms with van der Waals surface area (Å²) < 4.78 is 0. The third kappa shape index (κ3) is 2.18. The fraction of sp³-hybridized carbons (Fsp3) is 0.588. The minimum absolute atomic E-state index is 0.157. The fourth-order valence-electron chi connectivity index (χ4n) is 4.04. The summed E-state index contributed by atoms with van der Waals surface area (Å²) in [5.74, 6) is 1.74. The SMILES string of the molecule is CC1CCC2(CC(=O)NC2c2ccccc2)CC1C. The molecule has 2 nitrogen and oxygen atoms in total. The van der Waals surface area contributed by atoms with Crippen LogP contribution in [0.15, 0.2) is 30.3 Å². The van der Waals surface area contributed by atoms with E-state index in [1.165, 1.54) is 24.8 Å². The predicted octanol–water partition coefficient (Wildman–Crippen LogP) is 3.69. The van der Waals surface area contributed by atoms with E-state index in [0.29, 0.717) is 12.3 Å². The van der Waals surface area contributed by atoms with E-state index in [9.17, 15) is 4.79 Å². The molecule has 1 aromatic rings. The van der Waals surface area contributed by atoms with Crippen molar-refractivity contribution in [2.45, 2.75) is 45.6 Å². The topological polar surface area (TPSA) is 29.1 Å². The monoisotopic (exact) mass is 257 g/mol. The van der Waals surface area contributed by atoms with Gasteiger partial charge in [0.1, 0.15) is 0 Å². The van der Waals surface area contributed by atoms with Crippen LogP contribution in [0.3, 0.4) is 0 Å². The summed E-state index contributed by atoms with van der Waals surface area (Å²) >= 11 is 0. The first-order chi connectivity index (χ1) is 9.11. The molecule has 4 unspecified atom stereocenters. The molecule has 4 atom stereocenters. The molecule has 1 aliphatic heterocycles. The normalized spacial score (nSPS) is 38.4. The molecule has 1 aliphatic carbocycles. The largest absolute Gasteiger partial charge is 0.349 e. The van der Waals surface area contributed by atoms with E-state index in [0.717, 1.165) is 5.92 Å². The van der Waals surface area contributed by atoms with Crippen LogP contribution in [0, 0.1) is 17.3 Å². The first-order valence-corrected chi connectivity index (χ1v) is 7.45. The number of carbonyl (C=O) groups excluding carboxylic acids is 1. The van der Waals surface area contributed by atoms with Crippen LogP contribution in [0.1, 0.15) is 51.1 Å². The van der Waals surface area contributed by atoms with Crippen molar-refractivity contribution in [2.24, 2.45) is 17.3 Å². The van der Waals surface area contributed by atoms with Crippen molar-refractivity contribution in [3.05, 3.63) is 35.9 Å². The highest BCUT2D eigenvalue weighted by Gasteiger charge is 2.50. The third-order valence-electron chi connectivity index (χ3n) is 5.36. The van der Waals surface area contributed by atoms with Crippen molar-refractivity contribution in [1.82, 2.24) is 5.32 Å². The van der Waals surface area contributed by atoms with E-state index in [2.05, 4.69) is 43.4 Å². The average molecular weight is 257 g/mol. The Kier molecular flexibility index (Phi) is 3.12. The molecular formula is C17H23NO. The number of benzene rings is 1. The molecule has 1 spiro atoms. The highest BCUT2D eigenvalue weighted by Crippen LogP contribution is 2.54. The number of hydrogen-bond donors (Lipinski definition) is 1. The van der Waals surface area contributed by atoms with Crippen LogP contribution in [-0.4, -0.2) is 5.91 Å². The summed E-state index contributed by atoms with van der Waals surface area (Å²) in [6, 6.07) is 10.7. The number of amides is 1. The summed E-state index contributed by atoms with van der Waals surface area (Å²) in [6.45, 7) is 4.69. The third-order valence-corrected chi connectivity index (χ3v) is 5.36. The van der Waals surface area contributed by atoms with Crippen molar-refractivity contribution in [3.8, 4) is 0 Å². The van der Waals surface area contributed by atoms with Gasteiger partial charge in [-0.25, -0.2) is 0 Å². The van der Waals surface area contributed by atoms with Crippen molar-refractivity contribution >= 4 is 5.91 Å². The molecule has 1 aromatic carbocycles. The van der Waals surface area contributed by atoms with Gasteiger partial charge in [0.15, 0.2) is 0 Å². The lowest BCUT2D eigenvalue weighted by atomic mass is 9.62. The lowest BCUT2D eigenvalue weighted by Gasteiger charge is -2.43. The van der Waals surface area contributed by atoms with Crippen molar-refractivity contribution in [2.75, 3.05) is 0 Å². The molecule has 3 rings (SSSR count). The zero-order valence-electron chi connectivity index (χ0n) is 11.9. The van der Waals surface area contributed by atoms with Gasteiger partial charge in [-0.05, 0) is 36.7 Å². The number of carbonyl (C=O) groups is 1. The van der Waals surface area contributed by atoms with Crippen LogP contribution >= 0.6 is 0 Å².